The number of rotatable bonds is 10. The second-order valence-electron chi connectivity index (χ2n) is 9.25. The number of aromatic nitrogens is 2. The fourth-order valence-electron chi connectivity index (χ4n) is 4.70. The van der Waals surface area contributed by atoms with E-state index in [1.165, 1.54) is 26.4 Å². The van der Waals surface area contributed by atoms with Gasteiger partial charge in [0, 0.05) is 17.6 Å². The molecule has 5 rings (SSSR count). The molecule has 1 aliphatic rings. The molecule has 0 fully saturated rings. The van der Waals surface area contributed by atoms with Crippen molar-refractivity contribution in [1.29, 1.82) is 0 Å². The van der Waals surface area contributed by atoms with Gasteiger partial charge in [-0.2, -0.15) is 0 Å². The zero-order chi connectivity index (χ0) is 30.6. The molecule has 4 aromatic rings. The van der Waals surface area contributed by atoms with Crippen molar-refractivity contribution in [2.75, 3.05) is 27.4 Å². The number of nitrogens with one attached hydrogen (secondary N) is 1. The van der Waals surface area contributed by atoms with Crippen LogP contribution in [0.3, 0.4) is 0 Å². The van der Waals surface area contributed by atoms with E-state index >= 15 is 0 Å². The Hall–Kier alpha value is -5.46. The van der Waals surface area contributed by atoms with Gasteiger partial charge in [-0.3, -0.25) is 4.79 Å². The van der Waals surface area contributed by atoms with Crippen LogP contribution in [0.15, 0.2) is 70.9 Å². The number of cyclic esters (lactones) is 1. The lowest BCUT2D eigenvalue weighted by atomic mass is 9.87. The molecule has 1 aromatic heterocycles. The summed E-state index contributed by atoms with van der Waals surface area (Å²) in [5, 5.41) is 9.98. The van der Waals surface area contributed by atoms with Crippen molar-refractivity contribution in [1.82, 2.24) is 15.6 Å². The summed E-state index contributed by atoms with van der Waals surface area (Å²) >= 11 is 0. The van der Waals surface area contributed by atoms with Gasteiger partial charge in [-0.25, -0.2) is 18.6 Å². The molecule has 0 aliphatic carbocycles. The first kappa shape index (κ1) is 29.0. The van der Waals surface area contributed by atoms with Crippen LogP contribution in [-0.2, 0) is 36.0 Å². The Labute approximate surface area is 244 Å². The smallest absolute Gasteiger partial charge is 0.411 e. The van der Waals surface area contributed by atoms with Crippen LogP contribution in [0.4, 0.5) is 9.18 Å². The van der Waals surface area contributed by atoms with Gasteiger partial charge in [0.2, 0.25) is 0 Å². The van der Waals surface area contributed by atoms with Gasteiger partial charge in [0.05, 0.1) is 26.4 Å². The van der Waals surface area contributed by atoms with Gasteiger partial charge in [0.1, 0.15) is 23.3 Å². The standard InChI is InChI=1S/C30H26FN3O9/c1-4-40-26(35)16-32-29(37)42-30(19-7-9-20(38-2)10-8-19)21(13-17-5-12-25(39-3)22(31)14-17)27(28(36)41-30)18-6-11-23-24(15-18)34-43-33-23/h5-12,14-15H,4,13,16H2,1-3H3,(H,32,37). The number of halogens is 1. The number of fused-ring (bicyclic) bond motifs is 1. The summed E-state index contributed by atoms with van der Waals surface area (Å²) < 4.78 is 46.6. The van der Waals surface area contributed by atoms with Gasteiger partial charge >= 0.3 is 23.8 Å². The Balaban J connectivity index is 1.68. The number of ether oxygens (including phenoxy) is 5. The third kappa shape index (κ3) is 5.82. The average Bonchev–Trinajstić information content (AvgIpc) is 3.58. The highest BCUT2D eigenvalue weighted by atomic mass is 19.1. The topological polar surface area (TPSA) is 148 Å². The van der Waals surface area contributed by atoms with Crippen molar-refractivity contribution in [2.45, 2.75) is 19.1 Å². The van der Waals surface area contributed by atoms with E-state index in [1.807, 2.05) is 0 Å². The summed E-state index contributed by atoms with van der Waals surface area (Å²) in [6.45, 7) is 1.24. The van der Waals surface area contributed by atoms with E-state index in [0.29, 0.717) is 27.9 Å². The third-order valence-corrected chi connectivity index (χ3v) is 6.67. The van der Waals surface area contributed by atoms with E-state index < -0.39 is 36.2 Å². The van der Waals surface area contributed by atoms with Crippen molar-refractivity contribution >= 4 is 34.6 Å². The minimum atomic E-state index is -2.13. The average molecular weight is 592 g/mol. The Morgan fingerprint density at radius 3 is 2.44 bits per heavy atom. The maximum Gasteiger partial charge on any atom is 0.411 e. The minimum Gasteiger partial charge on any atom is -0.497 e. The minimum absolute atomic E-state index is 0.0247. The molecule has 0 radical (unpaired) electrons. The summed E-state index contributed by atoms with van der Waals surface area (Å²) in [4.78, 5) is 38.8. The number of carbonyl (C=O) groups is 3. The molecule has 1 amide bonds. The Bertz CT molecular complexity index is 1720. The van der Waals surface area contributed by atoms with Crippen LogP contribution in [0.5, 0.6) is 11.5 Å². The molecule has 1 aliphatic heterocycles. The first-order valence-corrected chi connectivity index (χ1v) is 13.1. The van der Waals surface area contributed by atoms with Crippen LogP contribution in [-0.4, -0.2) is 55.7 Å². The largest absolute Gasteiger partial charge is 0.497 e. The molecule has 0 bridgehead atoms. The van der Waals surface area contributed by atoms with Crippen LogP contribution in [0.25, 0.3) is 16.6 Å². The number of hydrogen-bond donors (Lipinski definition) is 1. The molecular formula is C30H26FN3O9. The van der Waals surface area contributed by atoms with Gasteiger partial charge in [0.15, 0.2) is 11.6 Å². The molecule has 222 valence electrons. The maximum absolute atomic E-state index is 14.8. The number of nitrogens with zero attached hydrogens (tertiary/aromatic N) is 2. The van der Waals surface area contributed by atoms with E-state index in [0.717, 1.165) is 0 Å². The number of hydrogen-bond acceptors (Lipinski definition) is 11. The molecule has 0 saturated heterocycles. The van der Waals surface area contributed by atoms with Crippen LogP contribution < -0.4 is 14.8 Å². The molecular weight excluding hydrogens is 565 g/mol. The first-order chi connectivity index (χ1) is 20.8. The first-order valence-electron chi connectivity index (χ1n) is 13.1. The van der Waals surface area contributed by atoms with Crippen molar-refractivity contribution in [3.8, 4) is 11.5 Å². The predicted octanol–water partition coefficient (Wildman–Crippen LogP) is 4.07. The Kier molecular flexibility index (Phi) is 8.23. The van der Waals surface area contributed by atoms with Gasteiger partial charge in [-0.15, -0.1) is 0 Å². The van der Waals surface area contributed by atoms with E-state index in [1.54, 1.807) is 55.5 Å². The second kappa shape index (κ2) is 12.2. The van der Waals surface area contributed by atoms with Crippen LogP contribution in [0.1, 0.15) is 23.6 Å². The Morgan fingerprint density at radius 2 is 1.74 bits per heavy atom. The van der Waals surface area contributed by atoms with E-state index in [4.69, 9.17) is 28.3 Å². The molecule has 43 heavy (non-hydrogen) atoms. The molecule has 0 saturated carbocycles. The third-order valence-electron chi connectivity index (χ3n) is 6.67. The van der Waals surface area contributed by atoms with E-state index in [9.17, 15) is 18.8 Å². The summed E-state index contributed by atoms with van der Waals surface area (Å²) in [6, 6.07) is 15.4. The number of amides is 1. The van der Waals surface area contributed by atoms with Gasteiger partial charge < -0.3 is 29.0 Å². The lowest BCUT2D eigenvalue weighted by Crippen LogP contribution is -2.41. The fourth-order valence-corrected chi connectivity index (χ4v) is 4.70. The zero-order valence-corrected chi connectivity index (χ0v) is 23.3. The van der Waals surface area contributed by atoms with Crippen molar-refractivity contribution in [2.24, 2.45) is 0 Å². The summed E-state index contributed by atoms with van der Waals surface area (Å²) in [7, 11) is 2.82. The fraction of sp³-hybridized carbons (Fsp3) is 0.233. The molecule has 1 unspecified atom stereocenters. The highest BCUT2D eigenvalue weighted by Crippen LogP contribution is 2.48. The molecule has 0 spiro atoms. The quantitative estimate of drug-likeness (QED) is 0.266. The SMILES string of the molecule is CCOC(=O)CNC(=O)OC1(c2ccc(OC)cc2)OC(=O)C(c2ccc3nonc3c2)=C1Cc1ccc(OC)c(F)c1. The number of alkyl carbamates (subject to hydrolysis) is 1. The summed E-state index contributed by atoms with van der Waals surface area (Å²) in [5.74, 6) is -3.77. The second-order valence-corrected chi connectivity index (χ2v) is 9.25. The Morgan fingerprint density at radius 1 is 0.977 bits per heavy atom. The molecule has 3 aromatic carbocycles. The monoisotopic (exact) mass is 591 g/mol. The van der Waals surface area contributed by atoms with Crippen LogP contribution in [0, 0.1) is 5.82 Å². The number of carbonyl (C=O) groups excluding carboxylic acids is 3. The molecule has 12 nitrogen and oxygen atoms in total. The lowest BCUT2D eigenvalue weighted by Gasteiger charge is -2.31. The number of methoxy groups -OCH3 is 2. The number of esters is 2. The summed E-state index contributed by atoms with van der Waals surface area (Å²) in [6.07, 6.45) is -1.18. The lowest BCUT2D eigenvalue weighted by molar-refractivity contribution is -0.185. The number of benzene rings is 3. The van der Waals surface area contributed by atoms with Crippen molar-refractivity contribution in [3.05, 3.63) is 88.7 Å². The maximum atomic E-state index is 14.8. The van der Waals surface area contributed by atoms with Crippen molar-refractivity contribution in [3.63, 3.8) is 0 Å². The highest BCUT2D eigenvalue weighted by Gasteiger charge is 2.53. The molecule has 1 atom stereocenters. The highest BCUT2D eigenvalue weighted by molar-refractivity contribution is 6.20. The van der Waals surface area contributed by atoms with Gasteiger partial charge in [0.25, 0.3) is 0 Å². The van der Waals surface area contributed by atoms with Crippen LogP contribution in [0.2, 0.25) is 0 Å². The normalized spacial score (nSPS) is 16.1. The molecule has 2 heterocycles. The van der Waals surface area contributed by atoms with Crippen molar-refractivity contribution < 1.29 is 47.1 Å². The van der Waals surface area contributed by atoms with E-state index in [2.05, 4.69) is 15.6 Å². The van der Waals surface area contributed by atoms with Gasteiger partial charge in [-0.1, -0.05) is 12.1 Å². The zero-order valence-electron chi connectivity index (χ0n) is 23.3. The molecule has 1 N–H and O–H groups in total. The summed E-state index contributed by atoms with van der Waals surface area (Å²) in [5.41, 5.74) is 2.07. The molecule has 13 heteroatoms. The van der Waals surface area contributed by atoms with Crippen LogP contribution >= 0.6 is 0 Å². The van der Waals surface area contributed by atoms with E-state index in [-0.39, 0.29) is 35.5 Å². The predicted molar refractivity (Wildman–Crippen MR) is 147 cm³/mol. The van der Waals surface area contributed by atoms with Gasteiger partial charge in [-0.05, 0) is 76.9 Å².